The molecule has 2 aromatic carbocycles. The van der Waals surface area contributed by atoms with E-state index in [4.69, 9.17) is 0 Å². The molecule has 0 aliphatic carbocycles. The van der Waals surface area contributed by atoms with Crippen molar-refractivity contribution in [3.63, 3.8) is 0 Å². The number of carboxylic acids is 1. The predicted octanol–water partition coefficient (Wildman–Crippen LogP) is 2.51. The zero-order chi connectivity index (χ0) is 16.2. The summed E-state index contributed by atoms with van der Waals surface area (Å²) in [6.07, 6.45) is -3.41. The number of benzene rings is 2. The molecule has 114 valence electrons. The Morgan fingerprint density at radius 2 is 1.73 bits per heavy atom. The molecule has 4 nitrogen and oxygen atoms in total. The van der Waals surface area contributed by atoms with Gasteiger partial charge in [-0.25, -0.2) is 0 Å². The SMILES string of the molecule is O=C([O-])c1ccc(N/N=C\c2ccccc2C(F)(F)F)cc1. The fourth-order valence-corrected chi connectivity index (χ4v) is 1.72. The van der Waals surface area contributed by atoms with Gasteiger partial charge in [-0.05, 0) is 23.8 Å². The summed E-state index contributed by atoms with van der Waals surface area (Å²) in [5.41, 5.74) is 2.10. The maximum Gasteiger partial charge on any atom is 0.417 e. The average Bonchev–Trinajstić information content (AvgIpc) is 2.47. The van der Waals surface area contributed by atoms with Crippen LogP contribution in [0.3, 0.4) is 0 Å². The Labute approximate surface area is 123 Å². The molecule has 2 aromatic rings. The lowest BCUT2D eigenvalue weighted by Crippen LogP contribution is -2.21. The highest BCUT2D eigenvalue weighted by molar-refractivity contribution is 5.86. The number of hydrazone groups is 1. The average molecular weight is 307 g/mol. The van der Waals surface area contributed by atoms with Crippen molar-refractivity contribution in [2.45, 2.75) is 6.18 Å². The van der Waals surface area contributed by atoms with Gasteiger partial charge in [0, 0.05) is 5.56 Å². The van der Waals surface area contributed by atoms with Crippen molar-refractivity contribution in [3.8, 4) is 0 Å². The quantitative estimate of drug-likeness (QED) is 0.697. The number of alkyl halides is 3. The molecule has 1 N–H and O–H groups in total. The van der Waals surface area contributed by atoms with E-state index in [1.54, 1.807) is 0 Å². The summed E-state index contributed by atoms with van der Waals surface area (Å²) in [7, 11) is 0. The van der Waals surface area contributed by atoms with Gasteiger partial charge in [-0.3, -0.25) is 5.43 Å². The lowest BCUT2D eigenvalue weighted by Gasteiger charge is -2.09. The Morgan fingerprint density at radius 1 is 1.09 bits per heavy atom. The van der Waals surface area contributed by atoms with Gasteiger partial charge >= 0.3 is 6.18 Å². The third-order valence-electron chi connectivity index (χ3n) is 2.78. The first-order chi connectivity index (χ1) is 10.4. The van der Waals surface area contributed by atoms with Crippen molar-refractivity contribution in [2.75, 3.05) is 5.43 Å². The number of carbonyl (C=O) groups excluding carboxylic acids is 1. The second-order valence-electron chi connectivity index (χ2n) is 4.32. The van der Waals surface area contributed by atoms with E-state index in [2.05, 4.69) is 10.5 Å². The number of carboxylic acid groups (broad SMARTS) is 1. The second kappa shape index (κ2) is 6.30. The standard InChI is InChI=1S/C15H11F3N2O2/c16-15(17,18)13-4-2-1-3-11(13)9-19-20-12-7-5-10(6-8-12)14(21)22/h1-9,20H,(H,21,22)/p-1/b19-9-. The summed E-state index contributed by atoms with van der Waals surface area (Å²) >= 11 is 0. The molecule has 0 atom stereocenters. The molecule has 0 aliphatic rings. The number of nitrogens with one attached hydrogen (secondary N) is 1. The molecular weight excluding hydrogens is 297 g/mol. The molecule has 2 rings (SSSR count). The Balaban J connectivity index is 2.12. The van der Waals surface area contributed by atoms with Gasteiger partial charge < -0.3 is 9.90 Å². The van der Waals surface area contributed by atoms with Crippen molar-refractivity contribution in [1.29, 1.82) is 0 Å². The number of hydrogen-bond donors (Lipinski definition) is 1. The maximum absolute atomic E-state index is 12.8. The highest BCUT2D eigenvalue weighted by atomic mass is 19.4. The van der Waals surface area contributed by atoms with Crippen LogP contribution < -0.4 is 10.5 Å². The molecular formula is C15H10F3N2O2-. The normalized spacial score (nSPS) is 11.6. The van der Waals surface area contributed by atoms with E-state index >= 15 is 0 Å². The van der Waals surface area contributed by atoms with E-state index in [9.17, 15) is 23.1 Å². The van der Waals surface area contributed by atoms with E-state index < -0.39 is 17.7 Å². The van der Waals surface area contributed by atoms with Gasteiger partial charge in [0.1, 0.15) is 0 Å². The molecule has 0 radical (unpaired) electrons. The Bertz CT molecular complexity index is 695. The van der Waals surface area contributed by atoms with Crippen LogP contribution in [0.2, 0.25) is 0 Å². The molecule has 22 heavy (non-hydrogen) atoms. The molecule has 0 bridgehead atoms. The van der Waals surface area contributed by atoms with E-state index in [-0.39, 0.29) is 11.1 Å². The fourth-order valence-electron chi connectivity index (χ4n) is 1.72. The molecule has 0 heterocycles. The van der Waals surface area contributed by atoms with E-state index in [0.717, 1.165) is 12.3 Å². The van der Waals surface area contributed by atoms with Gasteiger partial charge in [0.25, 0.3) is 0 Å². The van der Waals surface area contributed by atoms with Gasteiger partial charge in [-0.2, -0.15) is 18.3 Å². The summed E-state index contributed by atoms with van der Waals surface area (Å²) in [6.45, 7) is 0. The summed E-state index contributed by atoms with van der Waals surface area (Å²) in [4.78, 5) is 10.6. The topological polar surface area (TPSA) is 64.5 Å². The van der Waals surface area contributed by atoms with Crippen LogP contribution in [-0.4, -0.2) is 12.2 Å². The number of rotatable bonds is 4. The van der Waals surface area contributed by atoms with Gasteiger partial charge in [-0.15, -0.1) is 0 Å². The first-order valence-corrected chi connectivity index (χ1v) is 6.14. The summed E-state index contributed by atoms with van der Waals surface area (Å²) in [5, 5.41) is 14.3. The Kier molecular flexibility index (Phi) is 4.45. The number of hydrogen-bond acceptors (Lipinski definition) is 4. The number of halogens is 3. The number of aromatic carboxylic acids is 1. The van der Waals surface area contributed by atoms with E-state index in [1.165, 1.54) is 42.5 Å². The van der Waals surface area contributed by atoms with Crippen molar-refractivity contribution < 1.29 is 23.1 Å². The molecule has 0 unspecified atom stereocenters. The van der Waals surface area contributed by atoms with Crippen LogP contribution in [-0.2, 0) is 6.18 Å². The van der Waals surface area contributed by atoms with Crippen molar-refractivity contribution >= 4 is 17.9 Å². The van der Waals surface area contributed by atoms with E-state index in [1.807, 2.05) is 0 Å². The van der Waals surface area contributed by atoms with Crippen molar-refractivity contribution in [1.82, 2.24) is 0 Å². The van der Waals surface area contributed by atoms with Gasteiger partial charge in [0.05, 0.1) is 23.4 Å². The van der Waals surface area contributed by atoms with Crippen LogP contribution in [0.15, 0.2) is 53.6 Å². The Morgan fingerprint density at radius 3 is 2.32 bits per heavy atom. The molecule has 0 fully saturated rings. The van der Waals surface area contributed by atoms with Crippen LogP contribution in [0.4, 0.5) is 18.9 Å². The minimum Gasteiger partial charge on any atom is -0.545 e. The molecule has 0 aliphatic heterocycles. The maximum atomic E-state index is 12.8. The first-order valence-electron chi connectivity index (χ1n) is 6.14. The van der Waals surface area contributed by atoms with Crippen LogP contribution in [0.1, 0.15) is 21.5 Å². The number of carbonyl (C=O) groups is 1. The predicted molar refractivity (Wildman–Crippen MR) is 73.4 cm³/mol. The zero-order valence-corrected chi connectivity index (χ0v) is 11.1. The second-order valence-corrected chi connectivity index (χ2v) is 4.32. The first kappa shape index (κ1) is 15.6. The largest absolute Gasteiger partial charge is 0.545 e. The molecule has 0 spiro atoms. The van der Waals surface area contributed by atoms with Gasteiger partial charge in [0.2, 0.25) is 0 Å². The van der Waals surface area contributed by atoms with Crippen molar-refractivity contribution in [2.24, 2.45) is 5.10 Å². The fraction of sp³-hybridized carbons (Fsp3) is 0.0667. The number of nitrogens with zero attached hydrogens (tertiary/aromatic N) is 1. The summed E-state index contributed by atoms with van der Waals surface area (Å²) in [6, 6.07) is 10.5. The highest BCUT2D eigenvalue weighted by Gasteiger charge is 2.32. The van der Waals surface area contributed by atoms with Crippen LogP contribution in [0, 0.1) is 0 Å². The molecule has 0 saturated carbocycles. The van der Waals surface area contributed by atoms with Crippen LogP contribution in [0.25, 0.3) is 0 Å². The van der Waals surface area contributed by atoms with E-state index in [0.29, 0.717) is 5.69 Å². The zero-order valence-electron chi connectivity index (χ0n) is 11.1. The summed E-state index contributed by atoms with van der Waals surface area (Å²) < 4.78 is 38.3. The molecule has 0 amide bonds. The lowest BCUT2D eigenvalue weighted by molar-refractivity contribution is -0.255. The van der Waals surface area contributed by atoms with Gasteiger partial charge in [-0.1, -0.05) is 30.3 Å². The van der Waals surface area contributed by atoms with Crippen LogP contribution in [0.5, 0.6) is 0 Å². The lowest BCUT2D eigenvalue weighted by atomic mass is 10.1. The van der Waals surface area contributed by atoms with Crippen molar-refractivity contribution in [3.05, 3.63) is 65.2 Å². The monoisotopic (exact) mass is 307 g/mol. The third-order valence-corrected chi connectivity index (χ3v) is 2.78. The Hall–Kier alpha value is -2.83. The third kappa shape index (κ3) is 3.85. The minimum atomic E-state index is -4.46. The molecule has 7 heteroatoms. The number of anilines is 1. The van der Waals surface area contributed by atoms with Gasteiger partial charge in [0.15, 0.2) is 0 Å². The smallest absolute Gasteiger partial charge is 0.417 e. The molecule has 0 aromatic heterocycles. The highest BCUT2D eigenvalue weighted by Crippen LogP contribution is 2.31. The molecule has 0 saturated heterocycles. The van der Waals surface area contributed by atoms with Crippen LogP contribution >= 0.6 is 0 Å². The summed E-state index contributed by atoms with van der Waals surface area (Å²) in [5.74, 6) is -1.31. The minimum absolute atomic E-state index is 0.00283.